The second-order valence-electron chi connectivity index (χ2n) is 7.95. The number of nitrogens with one attached hydrogen (secondary N) is 1. The first-order valence-electron chi connectivity index (χ1n) is 10.2. The highest BCUT2D eigenvalue weighted by atomic mass is 79.9. The standard InChI is InChI=1S/C23H26BrNO5/c1-15(2)30-20-12-17(24)4-5-18(20)22(26)25-13-23(7-9-27-10-8-23)16-3-6-19-21(11-16)29-14-28-19/h3-6,11-12,15H,7-10,13-14H2,1-2H3,(H,25,26). The Morgan fingerprint density at radius 2 is 1.90 bits per heavy atom. The molecular formula is C23H26BrNO5. The van der Waals surface area contributed by atoms with Gasteiger partial charge in [-0.15, -0.1) is 0 Å². The monoisotopic (exact) mass is 475 g/mol. The van der Waals surface area contributed by atoms with Gasteiger partial charge in [-0.25, -0.2) is 0 Å². The fraction of sp³-hybridized carbons (Fsp3) is 0.435. The lowest BCUT2D eigenvalue weighted by molar-refractivity contribution is 0.0486. The van der Waals surface area contributed by atoms with Crippen LogP contribution >= 0.6 is 15.9 Å². The SMILES string of the molecule is CC(C)Oc1cc(Br)ccc1C(=O)NCC1(c2ccc3c(c2)OCO3)CCOCC1. The number of ether oxygens (including phenoxy) is 4. The van der Waals surface area contributed by atoms with Crippen LogP contribution in [0, 0.1) is 0 Å². The van der Waals surface area contributed by atoms with Crippen LogP contribution in [-0.4, -0.2) is 38.6 Å². The van der Waals surface area contributed by atoms with E-state index in [1.807, 2.05) is 38.1 Å². The largest absolute Gasteiger partial charge is 0.490 e. The molecule has 0 atom stereocenters. The minimum Gasteiger partial charge on any atom is -0.490 e. The molecule has 0 radical (unpaired) electrons. The molecule has 0 aromatic heterocycles. The van der Waals surface area contributed by atoms with Gasteiger partial charge in [-0.05, 0) is 62.6 Å². The Labute approximate surface area is 185 Å². The average Bonchev–Trinajstić information content (AvgIpc) is 3.20. The van der Waals surface area contributed by atoms with Crippen LogP contribution in [0.2, 0.25) is 0 Å². The van der Waals surface area contributed by atoms with Gasteiger partial charge in [0.2, 0.25) is 6.79 Å². The maximum absolute atomic E-state index is 13.1. The highest BCUT2D eigenvalue weighted by molar-refractivity contribution is 9.10. The van der Waals surface area contributed by atoms with Gasteiger partial charge >= 0.3 is 0 Å². The van der Waals surface area contributed by atoms with E-state index in [1.54, 1.807) is 6.07 Å². The lowest BCUT2D eigenvalue weighted by atomic mass is 9.74. The summed E-state index contributed by atoms with van der Waals surface area (Å²) in [5, 5.41) is 3.15. The normalized spacial score (nSPS) is 17.1. The number of benzene rings is 2. The lowest BCUT2D eigenvalue weighted by Gasteiger charge is -2.38. The van der Waals surface area contributed by atoms with E-state index in [4.69, 9.17) is 18.9 Å². The van der Waals surface area contributed by atoms with Crippen LogP contribution in [-0.2, 0) is 10.2 Å². The Morgan fingerprint density at radius 1 is 1.13 bits per heavy atom. The van der Waals surface area contributed by atoms with Gasteiger partial charge in [-0.1, -0.05) is 22.0 Å². The quantitative estimate of drug-likeness (QED) is 0.668. The molecule has 2 aromatic carbocycles. The molecular weight excluding hydrogens is 450 g/mol. The van der Waals surface area contributed by atoms with Crippen LogP contribution in [0.3, 0.4) is 0 Å². The van der Waals surface area contributed by atoms with Crippen LogP contribution in [0.4, 0.5) is 0 Å². The zero-order valence-electron chi connectivity index (χ0n) is 17.2. The molecule has 1 fully saturated rings. The topological polar surface area (TPSA) is 66.0 Å². The van der Waals surface area contributed by atoms with Crippen molar-refractivity contribution < 1.29 is 23.7 Å². The van der Waals surface area contributed by atoms with E-state index in [-0.39, 0.29) is 24.2 Å². The number of amides is 1. The second-order valence-corrected chi connectivity index (χ2v) is 8.87. The second kappa shape index (κ2) is 8.86. The molecule has 2 heterocycles. The number of halogens is 1. The molecule has 0 aliphatic carbocycles. The molecule has 0 bridgehead atoms. The van der Waals surface area contributed by atoms with E-state index in [0.717, 1.165) is 34.4 Å². The molecule has 2 aliphatic heterocycles. The zero-order chi connectivity index (χ0) is 21.1. The molecule has 1 amide bonds. The average molecular weight is 476 g/mol. The molecule has 2 aromatic rings. The summed E-state index contributed by atoms with van der Waals surface area (Å²) >= 11 is 3.45. The van der Waals surface area contributed by atoms with Crippen molar-refractivity contribution in [1.29, 1.82) is 0 Å². The van der Waals surface area contributed by atoms with Gasteiger partial charge in [-0.2, -0.15) is 0 Å². The van der Waals surface area contributed by atoms with Crippen LogP contribution in [0.25, 0.3) is 0 Å². The van der Waals surface area contributed by atoms with Crippen molar-refractivity contribution in [2.75, 3.05) is 26.6 Å². The predicted molar refractivity (Wildman–Crippen MR) is 117 cm³/mol. The number of fused-ring (bicyclic) bond motifs is 1. The van der Waals surface area contributed by atoms with Crippen molar-refractivity contribution in [3.63, 3.8) is 0 Å². The molecule has 160 valence electrons. The number of rotatable bonds is 6. The van der Waals surface area contributed by atoms with Crippen molar-refractivity contribution in [1.82, 2.24) is 5.32 Å². The zero-order valence-corrected chi connectivity index (χ0v) is 18.8. The summed E-state index contributed by atoms with van der Waals surface area (Å²) < 4.78 is 23.4. The Morgan fingerprint density at radius 3 is 2.67 bits per heavy atom. The molecule has 30 heavy (non-hydrogen) atoms. The number of hydrogen-bond donors (Lipinski definition) is 1. The van der Waals surface area contributed by atoms with Gasteiger partial charge in [0.1, 0.15) is 5.75 Å². The highest BCUT2D eigenvalue weighted by Gasteiger charge is 2.36. The molecule has 0 saturated carbocycles. The number of hydrogen-bond acceptors (Lipinski definition) is 5. The van der Waals surface area contributed by atoms with Crippen molar-refractivity contribution in [3.8, 4) is 17.2 Å². The van der Waals surface area contributed by atoms with E-state index < -0.39 is 0 Å². The summed E-state index contributed by atoms with van der Waals surface area (Å²) in [6.07, 6.45) is 1.62. The number of carbonyl (C=O) groups is 1. The summed E-state index contributed by atoms with van der Waals surface area (Å²) in [7, 11) is 0. The van der Waals surface area contributed by atoms with Gasteiger partial charge in [0.15, 0.2) is 11.5 Å². The van der Waals surface area contributed by atoms with Crippen molar-refractivity contribution in [3.05, 3.63) is 52.0 Å². The maximum atomic E-state index is 13.1. The smallest absolute Gasteiger partial charge is 0.255 e. The van der Waals surface area contributed by atoms with E-state index in [0.29, 0.717) is 31.1 Å². The van der Waals surface area contributed by atoms with Crippen molar-refractivity contribution in [2.24, 2.45) is 0 Å². The first kappa shape index (κ1) is 21.0. The predicted octanol–water partition coefficient (Wildman–Crippen LogP) is 4.44. The Balaban J connectivity index is 1.56. The van der Waals surface area contributed by atoms with E-state index in [9.17, 15) is 4.79 Å². The minimum atomic E-state index is -0.219. The van der Waals surface area contributed by atoms with Gasteiger partial charge in [0.05, 0.1) is 11.7 Å². The van der Waals surface area contributed by atoms with Crippen molar-refractivity contribution >= 4 is 21.8 Å². The first-order valence-corrected chi connectivity index (χ1v) is 11.0. The van der Waals surface area contributed by atoms with Gasteiger partial charge < -0.3 is 24.3 Å². The third-order valence-corrected chi connectivity index (χ3v) is 6.07. The molecule has 1 saturated heterocycles. The minimum absolute atomic E-state index is 0.0266. The lowest BCUT2D eigenvalue weighted by Crippen LogP contribution is -2.44. The van der Waals surface area contributed by atoms with Crippen LogP contribution in [0.1, 0.15) is 42.6 Å². The summed E-state index contributed by atoms with van der Waals surface area (Å²) in [5.41, 5.74) is 1.44. The summed E-state index contributed by atoms with van der Waals surface area (Å²) in [6, 6.07) is 11.5. The first-order chi connectivity index (χ1) is 14.5. The van der Waals surface area contributed by atoms with E-state index in [2.05, 4.69) is 27.3 Å². The van der Waals surface area contributed by atoms with E-state index >= 15 is 0 Å². The molecule has 0 unspecified atom stereocenters. The highest BCUT2D eigenvalue weighted by Crippen LogP contribution is 2.40. The fourth-order valence-electron chi connectivity index (χ4n) is 3.94. The molecule has 2 aliphatic rings. The van der Waals surface area contributed by atoms with Gasteiger partial charge in [0, 0.05) is 29.6 Å². The Kier molecular flexibility index (Phi) is 6.20. The third kappa shape index (κ3) is 4.42. The van der Waals surface area contributed by atoms with Gasteiger partial charge in [0.25, 0.3) is 5.91 Å². The fourth-order valence-corrected chi connectivity index (χ4v) is 4.28. The maximum Gasteiger partial charge on any atom is 0.255 e. The molecule has 4 rings (SSSR count). The van der Waals surface area contributed by atoms with Crippen LogP contribution < -0.4 is 19.5 Å². The number of carbonyl (C=O) groups excluding carboxylic acids is 1. The summed E-state index contributed by atoms with van der Waals surface area (Å²) in [4.78, 5) is 13.1. The summed E-state index contributed by atoms with van der Waals surface area (Å²) in [5.74, 6) is 1.94. The van der Waals surface area contributed by atoms with Crippen LogP contribution in [0.5, 0.6) is 17.2 Å². The van der Waals surface area contributed by atoms with Crippen LogP contribution in [0.15, 0.2) is 40.9 Å². The third-order valence-electron chi connectivity index (χ3n) is 5.57. The Hall–Kier alpha value is -2.25. The molecule has 0 spiro atoms. The summed E-state index contributed by atoms with van der Waals surface area (Å²) in [6.45, 7) is 5.95. The molecule has 1 N–H and O–H groups in total. The van der Waals surface area contributed by atoms with Gasteiger partial charge in [-0.3, -0.25) is 4.79 Å². The molecule has 6 nitrogen and oxygen atoms in total. The van der Waals surface area contributed by atoms with Crippen molar-refractivity contribution in [2.45, 2.75) is 38.2 Å². The molecule has 7 heteroatoms. The Bertz CT molecular complexity index is 924. The van der Waals surface area contributed by atoms with E-state index in [1.165, 1.54) is 0 Å².